The molecule has 2 aromatic carbocycles. The fourth-order valence-corrected chi connectivity index (χ4v) is 4.02. The number of nitrogens with zero attached hydrogens (tertiary/aromatic N) is 4. The lowest BCUT2D eigenvalue weighted by atomic mass is 9.97. The Balaban J connectivity index is 1.18. The quantitative estimate of drug-likeness (QED) is 0.474. The molecular weight excluding hydrogens is 386 g/mol. The van der Waals surface area contributed by atoms with Crippen LogP contribution in [0.1, 0.15) is 35.1 Å². The Morgan fingerprint density at radius 1 is 1.23 bits per heavy atom. The van der Waals surface area contributed by atoms with E-state index in [1.807, 2.05) is 41.8 Å². The Morgan fingerprint density at radius 2 is 2.13 bits per heavy atom. The number of hydrogen-bond donors (Lipinski definition) is 1. The molecule has 0 aliphatic carbocycles. The second kappa shape index (κ2) is 9.59. The van der Waals surface area contributed by atoms with Gasteiger partial charge in [0.1, 0.15) is 0 Å². The lowest BCUT2D eigenvalue weighted by molar-refractivity contribution is -0.116. The fraction of sp³-hybridized carbons (Fsp3) is 0.320. The Morgan fingerprint density at radius 3 is 3.00 bits per heavy atom. The maximum Gasteiger partial charge on any atom is 0.245 e. The highest BCUT2D eigenvalue weighted by molar-refractivity contribution is 5.91. The minimum Gasteiger partial charge on any atom is -0.353 e. The van der Waals surface area contributed by atoms with Crippen molar-refractivity contribution < 1.29 is 4.79 Å². The molecule has 1 aliphatic heterocycles. The second-order valence-corrected chi connectivity index (χ2v) is 8.08. The third kappa shape index (κ3) is 5.19. The van der Waals surface area contributed by atoms with Crippen molar-refractivity contribution in [2.24, 2.45) is 0 Å². The summed E-state index contributed by atoms with van der Waals surface area (Å²) in [7, 11) is 0. The number of aryl methyl sites for hydroxylation is 1. The predicted octanol–water partition coefficient (Wildman–Crippen LogP) is 3.64. The summed E-state index contributed by atoms with van der Waals surface area (Å²) in [5.74, 6) is -0.0927. The van der Waals surface area contributed by atoms with Crippen LogP contribution in [0.5, 0.6) is 0 Å². The van der Waals surface area contributed by atoms with E-state index >= 15 is 0 Å². The van der Waals surface area contributed by atoms with E-state index < -0.39 is 0 Å². The number of hydrogen-bond acceptors (Lipinski definition) is 4. The van der Waals surface area contributed by atoms with E-state index in [4.69, 9.17) is 5.26 Å². The number of aromatic nitrogens is 2. The van der Waals surface area contributed by atoms with Crippen molar-refractivity contribution in [1.82, 2.24) is 19.8 Å². The third-order valence-corrected chi connectivity index (χ3v) is 5.74. The van der Waals surface area contributed by atoms with Crippen molar-refractivity contribution in [1.29, 1.82) is 5.26 Å². The molecule has 4 rings (SSSR count). The summed E-state index contributed by atoms with van der Waals surface area (Å²) in [6.07, 6.45) is 8.03. The number of rotatable bonds is 7. The van der Waals surface area contributed by atoms with Gasteiger partial charge in [-0.25, -0.2) is 4.98 Å². The molecule has 0 spiro atoms. The maximum absolute atomic E-state index is 12.1. The topological polar surface area (TPSA) is 74.0 Å². The normalized spacial score (nSPS) is 13.9. The number of carbonyl (C=O) groups is 1. The standard InChI is InChI=1S/C25H27N5O/c1-19-4-7-24-23(14-19)28-18-30(24)13-9-25(31)27-10-2-3-11-29-12-8-21-6-5-20(16-26)15-22(21)17-29/h4-7,9,13-15,18H,2-3,8,10-12,17H2,1H3,(H,27,31)/b13-9+. The molecule has 1 N–H and O–H groups in total. The van der Waals surface area contributed by atoms with Gasteiger partial charge in [0.2, 0.25) is 5.91 Å². The molecule has 6 nitrogen and oxygen atoms in total. The molecule has 0 bridgehead atoms. The highest BCUT2D eigenvalue weighted by Crippen LogP contribution is 2.20. The highest BCUT2D eigenvalue weighted by Gasteiger charge is 2.16. The number of amides is 1. The van der Waals surface area contributed by atoms with Gasteiger partial charge < -0.3 is 9.88 Å². The average Bonchev–Trinajstić information content (AvgIpc) is 3.18. The summed E-state index contributed by atoms with van der Waals surface area (Å²) in [6, 6.07) is 14.3. The molecule has 0 atom stereocenters. The Bertz CT molecular complexity index is 1150. The smallest absolute Gasteiger partial charge is 0.245 e. The van der Waals surface area contributed by atoms with Crippen molar-refractivity contribution in [3.8, 4) is 6.07 Å². The maximum atomic E-state index is 12.1. The van der Waals surface area contributed by atoms with Gasteiger partial charge in [0.05, 0.1) is 29.0 Å². The molecule has 1 aliphatic rings. The molecule has 158 valence electrons. The van der Waals surface area contributed by atoms with Crippen LogP contribution in [0.4, 0.5) is 0 Å². The van der Waals surface area contributed by atoms with Crippen LogP contribution < -0.4 is 5.32 Å². The first kappa shape index (κ1) is 20.8. The highest BCUT2D eigenvalue weighted by atomic mass is 16.1. The number of carbonyl (C=O) groups excluding carboxylic acids is 1. The Kier molecular flexibility index (Phi) is 6.44. The summed E-state index contributed by atoms with van der Waals surface area (Å²) in [4.78, 5) is 18.9. The van der Waals surface area contributed by atoms with Crippen LogP contribution in [0.25, 0.3) is 17.2 Å². The van der Waals surface area contributed by atoms with Crippen LogP contribution in [0, 0.1) is 18.3 Å². The monoisotopic (exact) mass is 413 g/mol. The molecular formula is C25H27N5O. The molecule has 31 heavy (non-hydrogen) atoms. The van der Waals surface area contributed by atoms with E-state index in [9.17, 15) is 4.79 Å². The first-order valence-corrected chi connectivity index (χ1v) is 10.8. The van der Waals surface area contributed by atoms with E-state index in [1.54, 1.807) is 18.6 Å². The van der Waals surface area contributed by atoms with Gasteiger partial charge in [-0.05, 0) is 73.7 Å². The second-order valence-electron chi connectivity index (χ2n) is 8.08. The van der Waals surface area contributed by atoms with Gasteiger partial charge in [-0.15, -0.1) is 0 Å². The summed E-state index contributed by atoms with van der Waals surface area (Å²) < 4.78 is 1.86. The van der Waals surface area contributed by atoms with Gasteiger partial charge in [0.15, 0.2) is 0 Å². The summed E-state index contributed by atoms with van der Waals surface area (Å²) in [5, 5.41) is 12.0. The largest absolute Gasteiger partial charge is 0.353 e. The average molecular weight is 414 g/mol. The SMILES string of the molecule is Cc1ccc2c(c1)ncn2/C=C/C(=O)NCCCCN1CCc2ccc(C#N)cc2C1. The van der Waals surface area contributed by atoms with Gasteiger partial charge in [-0.3, -0.25) is 9.69 Å². The molecule has 0 radical (unpaired) electrons. The first-order chi connectivity index (χ1) is 15.1. The summed E-state index contributed by atoms with van der Waals surface area (Å²) >= 11 is 0. The molecule has 1 aromatic heterocycles. The number of benzene rings is 2. The number of unbranched alkanes of at least 4 members (excludes halogenated alkanes) is 1. The zero-order chi connectivity index (χ0) is 21.6. The lowest BCUT2D eigenvalue weighted by Crippen LogP contribution is -2.32. The lowest BCUT2D eigenvalue weighted by Gasteiger charge is -2.28. The van der Waals surface area contributed by atoms with E-state index in [-0.39, 0.29) is 5.91 Å². The van der Waals surface area contributed by atoms with E-state index in [1.165, 1.54) is 16.7 Å². The Hall–Kier alpha value is -3.43. The molecule has 3 aromatic rings. The van der Waals surface area contributed by atoms with E-state index in [0.717, 1.165) is 55.5 Å². The van der Waals surface area contributed by atoms with Crippen molar-refractivity contribution in [3.05, 3.63) is 71.1 Å². The van der Waals surface area contributed by atoms with Crippen molar-refractivity contribution >= 4 is 23.1 Å². The van der Waals surface area contributed by atoms with E-state index in [2.05, 4.69) is 27.3 Å². The Labute approximate surface area is 182 Å². The minimum absolute atomic E-state index is 0.0927. The molecule has 2 heterocycles. The third-order valence-electron chi connectivity index (χ3n) is 5.74. The van der Waals surface area contributed by atoms with Crippen molar-refractivity contribution in [3.63, 3.8) is 0 Å². The van der Waals surface area contributed by atoms with Gasteiger partial charge in [-0.2, -0.15) is 5.26 Å². The van der Waals surface area contributed by atoms with Gasteiger partial charge in [0.25, 0.3) is 0 Å². The fourth-order valence-electron chi connectivity index (χ4n) is 4.02. The molecule has 0 saturated carbocycles. The molecule has 6 heteroatoms. The minimum atomic E-state index is -0.0927. The molecule has 0 saturated heterocycles. The zero-order valence-electron chi connectivity index (χ0n) is 17.8. The first-order valence-electron chi connectivity index (χ1n) is 10.8. The van der Waals surface area contributed by atoms with Crippen LogP contribution in [0.2, 0.25) is 0 Å². The van der Waals surface area contributed by atoms with Gasteiger partial charge in [-0.1, -0.05) is 12.1 Å². The van der Waals surface area contributed by atoms with Crippen LogP contribution in [-0.2, 0) is 17.8 Å². The van der Waals surface area contributed by atoms with Crippen molar-refractivity contribution in [2.45, 2.75) is 32.7 Å². The zero-order valence-corrected chi connectivity index (χ0v) is 17.8. The summed E-state index contributed by atoms with van der Waals surface area (Å²) in [6.45, 7) is 5.65. The van der Waals surface area contributed by atoms with Crippen LogP contribution in [0.15, 0.2) is 48.8 Å². The van der Waals surface area contributed by atoms with Crippen LogP contribution in [-0.4, -0.2) is 40.0 Å². The van der Waals surface area contributed by atoms with Gasteiger partial charge in [0, 0.05) is 31.9 Å². The number of nitrogens with one attached hydrogen (secondary N) is 1. The van der Waals surface area contributed by atoms with Crippen LogP contribution >= 0.6 is 0 Å². The van der Waals surface area contributed by atoms with Crippen molar-refractivity contribution in [2.75, 3.05) is 19.6 Å². The number of nitriles is 1. The van der Waals surface area contributed by atoms with Gasteiger partial charge >= 0.3 is 0 Å². The molecule has 1 amide bonds. The molecule has 0 unspecified atom stereocenters. The molecule has 0 fully saturated rings. The predicted molar refractivity (Wildman–Crippen MR) is 122 cm³/mol. The number of fused-ring (bicyclic) bond motifs is 2. The van der Waals surface area contributed by atoms with Crippen LogP contribution in [0.3, 0.4) is 0 Å². The van der Waals surface area contributed by atoms with E-state index in [0.29, 0.717) is 6.54 Å². The number of imidazole rings is 1. The summed E-state index contributed by atoms with van der Waals surface area (Å²) in [5.41, 5.74) is 6.44.